The summed E-state index contributed by atoms with van der Waals surface area (Å²) in [4.78, 5) is 19.1. The SMILES string of the molecule is Cc1nc(N2CCN(C)CC2CN)ccc1[N+](=O)[O-]. The molecule has 2 heterocycles. The van der Waals surface area contributed by atoms with E-state index in [1.807, 2.05) is 0 Å². The molecule has 1 aromatic heterocycles. The highest BCUT2D eigenvalue weighted by molar-refractivity contribution is 5.48. The summed E-state index contributed by atoms with van der Waals surface area (Å²) in [5.74, 6) is 0.770. The summed E-state index contributed by atoms with van der Waals surface area (Å²) < 4.78 is 0. The first-order valence-electron chi connectivity index (χ1n) is 6.30. The number of anilines is 1. The molecule has 1 aliphatic heterocycles. The number of aryl methyl sites for hydroxylation is 1. The van der Waals surface area contributed by atoms with Gasteiger partial charge in [0.05, 0.1) is 11.0 Å². The van der Waals surface area contributed by atoms with E-state index in [9.17, 15) is 10.1 Å². The maximum absolute atomic E-state index is 10.8. The lowest BCUT2D eigenvalue weighted by Gasteiger charge is -2.40. The van der Waals surface area contributed by atoms with Crippen LogP contribution in [0.4, 0.5) is 11.5 Å². The fraction of sp³-hybridized carbons (Fsp3) is 0.583. The van der Waals surface area contributed by atoms with Crippen LogP contribution in [-0.2, 0) is 0 Å². The number of likely N-dealkylation sites (N-methyl/N-ethyl adjacent to an activating group) is 1. The fourth-order valence-corrected chi connectivity index (χ4v) is 2.41. The molecule has 0 spiro atoms. The van der Waals surface area contributed by atoms with Gasteiger partial charge in [-0.25, -0.2) is 4.98 Å². The minimum atomic E-state index is -0.406. The Labute approximate surface area is 112 Å². The van der Waals surface area contributed by atoms with Crippen LogP contribution in [0.2, 0.25) is 0 Å². The zero-order chi connectivity index (χ0) is 14.0. The van der Waals surface area contributed by atoms with Gasteiger partial charge in [0.2, 0.25) is 0 Å². The lowest BCUT2D eigenvalue weighted by atomic mass is 10.1. The van der Waals surface area contributed by atoms with Crippen molar-refractivity contribution in [1.82, 2.24) is 9.88 Å². The number of nitrogens with two attached hydrogens (primary N) is 1. The molecular weight excluding hydrogens is 246 g/mol. The van der Waals surface area contributed by atoms with Crippen molar-refractivity contribution in [1.29, 1.82) is 0 Å². The summed E-state index contributed by atoms with van der Waals surface area (Å²) in [5.41, 5.74) is 6.30. The first-order valence-corrected chi connectivity index (χ1v) is 6.30. The topological polar surface area (TPSA) is 88.5 Å². The summed E-state index contributed by atoms with van der Waals surface area (Å²) >= 11 is 0. The van der Waals surface area contributed by atoms with Crippen LogP contribution in [0.25, 0.3) is 0 Å². The van der Waals surface area contributed by atoms with Gasteiger partial charge in [-0.05, 0) is 20.0 Å². The van der Waals surface area contributed by atoms with Crippen LogP contribution in [0.1, 0.15) is 5.69 Å². The van der Waals surface area contributed by atoms with Gasteiger partial charge in [0.25, 0.3) is 5.69 Å². The fourth-order valence-electron chi connectivity index (χ4n) is 2.41. The minimum Gasteiger partial charge on any atom is -0.350 e. The monoisotopic (exact) mass is 265 g/mol. The smallest absolute Gasteiger partial charge is 0.290 e. The van der Waals surface area contributed by atoms with E-state index in [0.29, 0.717) is 12.2 Å². The zero-order valence-corrected chi connectivity index (χ0v) is 11.2. The van der Waals surface area contributed by atoms with Crippen molar-refractivity contribution in [2.45, 2.75) is 13.0 Å². The van der Waals surface area contributed by atoms with Gasteiger partial charge < -0.3 is 15.5 Å². The molecule has 1 aromatic rings. The summed E-state index contributed by atoms with van der Waals surface area (Å²) in [5, 5.41) is 10.8. The molecule has 0 amide bonds. The second kappa shape index (κ2) is 5.50. The van der Waals surface area contributed by atoms with Crippen molar-refractivity contribution in [2.75, 3.05) is 38.1 Å². The zero-order valence-electron chi connectivity index (χ0n) is 11.2. The van der Waals surface area contributed by atoms with Gasteiger partial charge in [-0.2, -0.15) is 0 Å². The predicted octanol–water partition coefficient (Wildman–Crippen LogP) is 0.377. The van der Waals surface area contributed by atoms with E-state index in [-0.39, 0.29) is 11.7 Å². The molecule has 7 nitrogen and oxygen atoms in total. The molecule has 0 bridgehead atoms. The van der Waals surface area contributed by atoms with Gasteiger partial charge in [-0.3, -0.25) is 10.1 Å². The van der Waals surface area contributed by atoms with Crippen LogP contribution < -0.4 is 10.6 Å². The molecule has 1 unspecified atom stereocenters. The molecule has 0 saturated carbocycles. The molecule has 7 heteroatoms. The number of aromatic nitrogens is 1. The molecule has 19 heavy (non-hydrogen) atoms. The van der Waals surface area contributed by atoms with Crippen LogP contribution >= 0.6 is 0 Å². The Kier molecular flexibility index (Phi) is 3.96. The second-order valence-corrected chi connectivity index (χ2v) is 4.88. The van der Waals surface area contributed by atoms with E-state index in [1.165, 1.54) is 6.07 Å². The number of nitrogens with zero attached hydrogens (tertiary/aromatic N) is 4. The summed E-state index contributed by atoms with van der Waals surface area (Å²) in [6.07, 6.45) is 0. The van der Waals surface area contributed by atoms with E-state index < -0.39 is 4.92 Å². The molecule has 1 atom stereocenters. The third kappa shape index (κ3) is 2.82. The second-order valence-electron chi connectivity index (χ2n) is 4.88. The van der Waals surface area contributed by atoms with Crippen LogP contribution in [0.15, 0.2) is 12.1 Å². The van der Waals surface area contributed by atoms with E-state index in [4.69, 9.17) is 5.73 Å². The van der Waals surface area contributed by atoms with Gasteiger partial charge in [0.15, 0.2) is 0 Å². The number of nitro groups is 1. The Hall–Kier alpha value is -1.73. The van der Waals surface area contributed by atoms with E-state index >= 15 is 0 Å². The highest BCUT2D eigenvalue weighted by atomic mass is 16.6. The number of rotatable bonds is 3. The Morgan fingerprint density at radius 1 is 1.53 bits per heavy atom. The van der Waals surface area contributed by atoms with Crippen LogP contribution in [0, 0.1) is 17.0 Å². The lowest BCUT2D eigenvalue weighted by Crippen LogP contribution is -2.55. The Bertz CT molecular complexity index is 479. The quantitative estimate of drug-likeness (QED) is 0.627. The Morgan fingerprint density at radius 2 is 2.26 bits per heavy atom. The van der Waals surface area contributed by atoms with Crippen LogP contribution in [0.3, 0.4) is 0 Å². The first-order chi connectivity index (χ1) is 9.02. The van der Waals surface area contributed by atoms with Crippen molar-refractivity contribution < 1.29 is 4.92 Å². The minimum absolute atomic E-state index is 0.0576. The average molecular weight is 265 g/mol. The molecule has 0 radical (unpaired) electrons. The van der Waals surface area contributed by atoms with Gasteiger partial charge in [0.1, 0.15) is 11.5 Å². The highest BCUT2D eigenvalue weighted by Gasteiger charge is 2.26. The van der Waals surface area contributed by atoms with E-state index in [0.717, 1.165) is 25.5 Å². The summed E-state index contributed by atoms with van der Waals surface area (Å²) in [6, 6.07) is 3.43. The molecule has 2 N–H and O–H groups in total. The standard InChI is InChI=1S/C12H19N5O2/c1-9-11(17(18)19)3-4-12(14-9)16-6-5-15(2)8-10(16)7-13/h3-4,10H,5-8,13H2,1-2H3. The molecule has 0 aromatic carbocycles. The lowest BCUT2D eigenvalue weighted by molar-refractivity contribution is -0.385. The molecule has 2 rings (SSSR count). The molecule has 104 valence electrons. The number of hydrogen-bond acceptors (Lipinski definition) is 6. The van der Waals surface area contributed by atoms with Gasteiger partial charge in [-0.1, -0.05) is 0 Å². The van der Waals surface area contributed by atoms with E-state index in [2.05, 4.69) is 21.8 Å². The maximum Gasteiger partial charge on any atom is 0.290 e. The largest absolute Gasteiger partial charge is 0.350 e. The molecular formula is C12H19N5O2. The Morgan fingerprint density at radius 3 is 2.84 bits per heavy atom. The normalized spacial score (nSPS) is 20.6. The summed E-state index contributed by atoms with van der Waals surface area (Å²) in [6.45, 7) is 4.86. The third-order valence-electron chi connectivity index (χ3n) is 3.49. The summed E-state index contributed by atoms with van der Waals surface area (Å²) in [7, 11) is 2.06. The number of piperazine rings is 1. The van der Waals surface area contributed by atoms with Gasteiger partial charge in [0, 0.05) is 32.2 Å². The first kappa shape index (κ1) is 13.7. The maximum atomic E-state index is 10.8. The van der Waals surface area contributed by atoms with Crippen molar-refractivity contribution in [3.63, 3.8) is 0 Å². The Balaban J connectivity index is 2.26. The molecule has 1 saturated heterocycles. The number of pyridine rings is 1. The van der Waals surface area contributed by atoms with Crippen molar-refractivity contribution in [3.8, 4) is 0 Å². The predicted molar refractivity (Wildman–Crippen MR) is 73.3 cm³/mol. The molecule has 1 fully saturated rings. The van der Waals surface area contributed by atoms with Crippen molar-refractivity contribution in [3.05, 3.63) is 27.9 Å². The van der Waals surface area contributed by atoms with Crippen LogP contribution in [0.5, 0.6) is 0 Å². The highest BCUT2D eigenvalue weighted by Crippen LogP contribution is 2.23. The molecule has 1 aliphatic rings. The van der Waals surface area contributed by atoms with Gasteiger partial charge >= 0.3 is 0 Å². The molecule has 0 aliphatic carbocycles. The van der Waals surface area contributed by atoms with E-state index in [1.54, 1.807) is 13.0 Å². The van der Waals surface area contributed by atoms with Crippen molar-refractivity contribution >= 4 is 11.5 Å². The van der Waals surface area contributed by atoms with Gasteiger partial charge in [-0.15, -0.1) is 0 Å². The number of hydrogen-bond donors (Lipinski definition) is 1. The van der Waals surface area contributed by atoms with Crippen molar-refractivity contribution in [2.24, 2.45) is 5.73 Å². The van der Waals surface area contributed by atoms with Crippen LogP contribution in [-0.4, -0.2) is 54.1 Å². The average Bonchev–Trinajstić information content (AvgIpc) is 2.37. The third-order valence-corrected chi connectivity index (χ3v) is 3.49.